The number of anilines is 1. The summed E-state index contributed by atoms with van der Waals surface area (Å²) < 4.78 is 5.81. The normalized spacial score (nSPS) is 14.3. The van der Waals surface area contributed by atoms with Crippen molar-refractivity contribution in [1.29, 1.82) is 0 Å². The molecule has 0 radical (unpaired) electrons. The molecule has 0 aliphatic carbocycles. The lowest BCUT2D eigenvalue weighted by Gasteiger charge is -2.29. The van der Waals surface area contributed by atoms with Crippen LogP contribution < -0.4 is 15.0 Å². The van der Waals surface area contributed by atoms with Crippen LogP contribution in [0.4, 0.5) is 5.69 Å². The number of amides is 2. The van der Waals surface area contributed by atoms with Crippen molar-refractivity contribution >= 4 is 46.9 Å². The van der Waals surface area contributed by atoms with Crippen LogP contribution >= 0.6 is 12.2 Å². The average molecular weight is 535 g/mol. The number of benzene rings is 4. The topological polar surface area (TPSA) is 95.9 Å². The van der Waals surface area contributed by atoms with E-state index in [1.54, 1.807) is 48.5 Å². The Bertz CT molecular complexity index is 1600. The molecule has 0 atom stereocenters. The van der Waals surface area contributed by atoms with Crippen LogP contribution in [0.15, 0.2) is 109 Å². The standard InChI is InChI=1S/C31H22N2O5S/c34-28(35)19-22-6-4-5-9-26(22)21-12-10-20(11-13-21)18-27-29(36)32-31(39)33(30(27)37)23-14-16-25(17-15-23)38-24-7-2-1-3-8-24/h1-18H,19H2,(H,34,35)(H,32,36,39)/b27-18+. The first kappa shape index (κ1) is 25.6. The van der Waals surface area contributed by atoms with E-state index in [1.807, 2.05) is 54.6 Å². The summed E-state index contributed by atoms with van der Waals surface area (Å²) in [4.78, 5) is 38.6. The summed E-state index contributed by atoms with van der Waals surface area (Å²) in [6.07, 6.45) is 1.41. The highest BCUT2D eigenvalue weighted by atomic mass is 32.1. The van der Waals surface area contributed by atoms with Crippen molar-refractivity contribution in [3.63, 3.8) is 0 Å². The zero-order valence-corrected chi connectivity index (χ0v) is 21.4. The third kappa shape index (κ3) is 5.76. The summed E-state index contributed by atoms with van der Waals surface area (Å²) >= 11 is 5.30. The lowest BCUT2D eigenvalue weighted by atomic mass is 9.96. The van der Waals surface area contributed by atoms with E-state index in [0.717, 1.165) is 11.1 Å². The highest BCUT2D eigenvalue weighted by Crippen LogP contribution is 2.28. The summed E-state index contributed by atoms with van der Waals surface area (Å²) in [5.41, 5.74) is 3.39. The van der Waals surface area contributed by atoms with Gasteiger partial charge < -0.3 is 9.84 Å². The zero-order chi connectivity index (χ0) is 27.4. The maximum absolute atomic E-state index is 13.4. The van der Waals surface area contributed by atoms with Gasteiger partial charge in [-0.25, -0.2) is 0 Å². The van der Waals surface area contributed by atoms with Crippen LogP contribution in [0.3, 0.4) is 0 Å². The van der Waals surface area contributed by atoms with Gasteiger partial charge in [-0.2, -0.15) is 0 Å². The van der Waals surface area contributed by atoms with Gasteiger partial charge in [0, 0.05) is 0 Å². The van der Waals surface area contributed by atoms with Crippen LogP contribution in [0.1, 0.15) is 11.1 Å². The lowest BCUT2D eigenvalue weighted by Crippen LogP contribution is -2.54. The number of carbonyl (C=O) groups is 3. The Balaban J connectivity index is 1.37. The Morgan fingerprint density at radius 1 is 0.846 bits per heavy atom. The number of rotatable bonds is 7. The molecule has 1 heterocycles. The molecular weight excluding hydrogens is 512 g/mol. The minimum atomic E-state index is -0.911. The molecule has 0 aromatic heterocycles. The first-order valence-electron chi connectivity index (χ1n) is 12.0. The quantitative estimate of drug-likeness (QED) is 0.182. The van der Waals surface area contributed by atoms with Gasteiger partial charge >= 0.3 is 5.97 Å². The Kier molecular flexibility index (Phi) is 7.29. The molecule has 0 spiro atoms. The van der Waals surface area contributed by atoms with Gasteiger partial charge in [0.25, 0.3) is 11.8 Å². The van der Waals surface area contributed by atoms with E-state index in [-0.39, 0.29) is 17.1 Å². The fourth-order valence-electron chi connectivity index (χ4n) is 4.22. The third-order valence-electron chi connectivity index (χ3n) is 6.07. The van der Waals surface area contributed by atoms with Crippen LogP contribution in [-0.2, 0) is 20.8 Å². The molecular formula is C31H22N2O5S. The van der Waals surface area contributed by atoms with Gasteiger partial charge in [-0.15, -0.1) is 0 Å². The Hall–Kier alpha value is -5.08. The second kappa shape index (κ2) is 11.1. The third-order valence-corrected chi connectivity index (χ3v) is 6.35. The van der Waals surface area contributed by atoms with Crippen molar-refractivity contribution in [3.8, 4) is 22.6 Å². The van der Waals surface area contributed by atoms with E-state index < -0.39 is 17.8 Å². The zero-order valence-electron chi connectivity index (χ0n) is 20.5. The van der Waals surface area contributed by atoms with Gasteiger partial charge in [0.1, 0.15) is 17.1 Å². The van der Waals surface area contributed by atoms with Gasteiger partial charge in [0.2, 0.25) is 0 Å². The smallest absolute Gasteiger partial charge is 0.307 e. The van der Waals surface area contributed by atoms with E-state index in [4.69, 9.17) is 17.0 Å². The van der Waals surface area contributed by atoms with Crippen molar-refractivity contribution in [2.24, 2.45) is 0 Å². The van der Waals surface area contributed by atoms with Crippen LogP contribution in [0, 0.1) is 0 Å². The molecule has 192 valence electrons. The molecule has 7 nitrogen and oxygen atoms in total. The second-order valence-corrected chi connectivity index (χ2v) is 9.10. The number of aliphatic carboxylic acids is 1. The molecule has 1 aliphatic heterocycles. The van der Waals surface area contributed by atoms with E-state index in [9.17, 15) is 19.5 Å². The summed E-state index contributed by atoms with van der Waals surface area (Å²) in [6.45, 7) is 0. The monoisotopic (exact) mass is 534 g/mol. The molecule has 0 bridgehead atoms. The fraction of sp³-hybridized carbons (Fsp3) is 0.0323. The van der Waals surface area contributed by atoms with Crippen LogP contribution in [0.25, 0.3) is 17.2 Å². The van der Waals surface area contributed by atoms with Crippen molar-refractivity contribution in [3.05, 3.63) is 120 Å². The lowest BCUT2D eigenvalue weighted by molar-refractivity contribution is -0.136. The van der Waals surface area contributed by atoms with E-state index in [1.165, 1.54) is 11.0 Å². The van der Waals surface area contributed by atoms with Crippen LogP contribution in [-0.4, -0.2) is 28.0 Å². The Morgan fingerprint density at radius 3 is 2.18 bits per heavy atom. The minimum absolute atomic E-state index is 0.00994. The molecule has 0 unspecified atom stereocenters. The highest BCUT2D eigenvalue weighted by Gasteiger charge is 2.34. The van der Waals surface area contributed by atoms with Crippen molar-refractivity contribution in [2.45, 2.75) is 6.42 Å². The first-order valence-corrected chi connectivity index (χ1v) is 12.4. The van der Waals surface area contributed by atoms with Gasteiger partial charge in [0.15, 0.2) is 5.11 Å². The number of hydrogen-bond donors (Lipinski definition) is 2. The molecule has 8 heteroatoms. The van der Waals surface area contributed by atoms with E-state index in [2.05, 4.69) is 5.32 Å². The molecule has 39 heavy (non-hydrogen) atoms. The Labute approximate surface area is 230 Å². The largest absolute Gasteiger partial charge is 0.481 e. The molecule has 1 fully saturated rings. The van der Waals surface area contributed by atoms with Gasteiger partial charge in [-0.1, -0.05) is 66.7 Å². The molecule has 2 amide bonds. The van der Waals surface area contributed by atoms with Gasteiger partial charge in [-0.05, 0) is 76.9 Å². The molecule has 4 aromatic rings. The van der Waals surface area contributed by atoms with E-state index >= 15 is 0 Å². The van der Waals surface area contributed by atoms with Crippen LogP contribution in [0.2, 0.25) is 0 Å². The molecule has 2 N–H and O–H groups in total. The molecule has 1 saturated heterocycles. The van der Waals surface area contributed by atoms with Crippen LogP contribution in [0.5, 0.6) is 11.5 Å². The summed E-state index contributed by atoms with van der Waals surface area (Å²) in [7, 11) is 0. The van der Waals surface area contributed by atoms with Crippen molar-refractivity contribution < 1.29 is 24.2 Å². The molecule has 0 saturated carbocycles. The number of carbonyl (C=O) groups excluding carboxylic acids is 2. The Morgan fingerprint density at radius 2 is 1.49 bits per heavy atom. The van der Waals surface area contributed by atoms with Crippen molar-refractivity contribution in [2.75, 3.05) is 4.90 Å². The molecule has 4 aromatic carbocycles. The first-order chi connectivity index (χ1) is 18.9. The second-order valence-electron chi connectivity index (χ2n) is 8.72. The summed E-state index contributed by atoms with van der Waals surface area (Å²) in [5, 5.41) is 11.8. The summed E-state index contributed by atoms with van der Waals surface area (Å²) in [6, 6.07) is 30.6. The number of nitrogens with zero attached hydrogens (tertiary/aromatic N) is 1. The number of thiocarbonyl (C=S) groups is 1. The number of hydrogen-bond acceptors (Lipinski definition) is 5. The predicted molar refractivity (Wildman–Crippen MR) is 152 cm³/mol. The molecule has 5 rings (SSSR count). The average Bonchev–Trinajstić information content (AvgIpc) is 2.93. The number of nitrogens with one attached hydrogen (secondary N) is 1. The number of carboxylic acids is 1. The fourth-order valence-corrected chi connectivity index (χ4v) is 4.51. The predicted octanol–water partition coefficient (Wildman–Crippen LogP) is 5.60. The SMILES string of the molecule is O=C(O)Cc1ccccc1-c1ccc(/C=C2\C(=O)NC(=S)N(c3ccc(Oc4ccccc4)cc3)C2=O)cc1. The number of para-hydroxylation sites is 1. The summed E-state index contributed by atoms with van der Waals surface area (Å²) in [5.74, 6) is -0.766. The maximum Gasteiger partial charge on any atom is 0.307 e. The minimum Gasteiger partial charge on any atom is -0.481 e. The van der Waals surface area contributed by atoms with E-state index in [0.29, 0.717) is 28.3 Å². The van der Waals surface area contributed by atoms with Gasteiger partial charge in [0.05, 0.1) is 12.1 Å². The van der Waals surface area contributed by atoms with Gasteiger partial charge in [-0.3, -0.25) is 24.6 Å². The number of ether oxygens (including phenoxy) is 1. The van der Waals surface area contributed by atoms with Crippen molar-refractivity contribution in [1.82, 2.24) is 5.32 Å². The number of carboxylic acid groups (broad SMARTS) is 1. The molecule has 1 aliphatic rings. The highest BCUT2D eigenvalue weighted by molar-refractivity contribution is 7.80. The maximum atomic E-state index is 13.4.